The molecule has 1 heterocycles. The Labute approximate surface area is 127 Å². The first-order valence-electron chi connectivity index (χ1n) is 6.92. The normalized spacial score (nSPS) is 13.5. The number of carbonyl (C=O) groups excluding carboxylic acids is 1. The molecule has 6 heteroatoms. The molecule has 0 saturated heterocycles. The molecule has 22 heavy (non-hydrogen) atoms. The highest BCUT2D eigenvalue weighted by Gasteiger charge is 2.21. The van der Waals surface area contributed by atoms with Gasteiger partial charge in [-0.3, -0.25) is 0 Å². The number of phenols is 3. The average molecular weight is 300 g/mol. The van der Waals surface area contributed by atoms with Crippen LogP contribution in [-0.4, -0.2) is 32.8 Å². The van der Waals surface area contributed by atoms with Crippen molar-refractivity contribution in [2.75, 3.05) is 11.9 Å². The van der Waals surface area contributed by atoms with Gasteiger partial charge in [0.05, 0.1) is 5.69 Å². The highest BCUT2D eigenvalue weighted by Crippen LogP contribution is 2.37. The van der Waals surface area contributed by atoms with Crippen LogP contribution in [0.15, 0.2) is 36.4 Å². The number of anilines is 1. The zero-order valence-electron chi connectivity index (χ0n) is 11.8. The van der Waals surface area contributed by atoms with Crippen LogP contribution in [0.1, 0.15) is 11.1 Å². The van der Waals surface area contributed by atoms with Crippen molar-refractivity contribution in [2.24, 2.45) is 0 Å². The van der Waals surface area contributed by atoms with Crippen molar-refractivity contribution in [1.29, 1.82) is 0 Å². The van der Waals surface area contributed by atoms with Crippen LogP contribution in [0.5, 0.6) is 17.2 Å². The molecule has 0 radical (unpaired) electrons. The van der Waals surface area contributed by atoms with E-state index in [-0.39, 0.29) is 11.7 Å². The van der Waals surface area contributed by atoms with E-state index in [0.29, 0.717) is 13.1 Å². The molecule has 0 atom stereocenters. The molecule has 0 aromatic heterocycles. The highest BCUT2D eigenvalue weighted by molar-refractivity contribution is 5.90. The number of urea groups is 1. The van der Waals surface area contributed by atoms with Gasteiger partial charge in [0.2, 0.25) is 0 Å². The van der Waals surface area contributed by atoms with Crippen molar-refractivity contribution >= 4 is 11.7 Å². The number of phenolic OH excluding ortho intramolecular Hbond substituents is 3. The van der Waals surface area contributed by atoms with Gasteiger partial charge in [-0.15, -0.1) is 0 Å². The Morgan fingerprint density at radius 3 is 2.36 bits per heavy atom. The number of aromatic hydroxyl groups is 3. The topological polar surface area (TPSA) is 93.0 Å². The van der Waals surface area contributed by atoms with E-state index in [1.807, 2.05) is 18.2 Å². The Bertz CT molecular complexity index is 707. The SMILES string of the molecule is O=C(Nc1cc(O)c(O)c(O)c1)N1CCc2ccccc2C1. The maximum Gasteiger partial charge on any atom is 0.322 e. The van der Waals surface area contributed by atoms with Crippen molar-refractivity contribution in [3.05, 3.63) is 47.5 Å². The molecule has 0 aliphatic carbocycles. The molecule has 0 bridgehead atoms. The Morgan fingerprint density at radius 1 is 1.05 bits per heavy atom. The fraction of sp³-hybridized carbons (Fsp3) is 0.188. The Balaban J connectivity index is 1.73. The first kappa shape index (κ1) is 14.1. The lowest BCUT2D eigenvalue weighted by molar-refractivity contribution is 0.206. The largest absolute Gasteiger partial charge is 0.504 e. The van der Waals surface area contributed by atoms with E-state index < -0.39 is 17.2 Å². The van der Waals surface area contributed by atoms with E-state index in [0.717, 1.165) is 12.0 Å². The third-order valence-corrected chi connectivity index (χ3v) is 3.74. The predicted molar refractivity (Wildman–Crippen MR) is 81.0 cm³/mol. The lowest BCUT2D eigenvalue weighted by Crippen LogP contribution is -2.38. The maximum atomic E-state index is 12.3. The van der Waals surface area contributed by atoms with Gasteiger partial charge in [0, 0.05) is 25.2 Å². The standard InChI is InChI=1S/C16H16N2O4/c19-13-7-12(8-14(20)15(13)21)17-16(22)18-6-5-10-3-1-2-4-11(10)9-18/h1-4,7-8,19-21H,5-6,9H2,(H,17,22). The summed E-state index contributed by atoms with van der Waals surface area (Å²) in [5.41, 5.74) is 2.57. The van der Waals surface area contributed by atoms with E-state index >= 15 is 0 Å². The molecule has 4 N–H and O–H groups in total. The molecule has 0 unspecified atom stereocenters. The summed E-state index contributed by atoms with van der Waals surface area (Å²) >= 11 is 0. The molecule has 6 nitrogen and oxygen atoms in total. The smallest absolute Gasteiger partial charge is 0.322 e. The third kappa shape index (κ3) is 2.63. The van der Waals surface area contributed by atoms with Crippen molar-refractivity contribution in [1.82, 2.24) is 4.90 Å². The lowest BCUT2D eigenvalue weighted by Gasteiger charge is -2.29. The summed E-state index contributed by atoms with van der Waals surface area (Å²) < 4.78 is 0. The lowest BCUT2D eigenvalue weighted by atomic mass is 10.0. The molecule has 2 aromatic rings. The van der Waals surface area contributed by atoms with Gasteiger partial charge in [-0.1, -0.05) is 24.3 Å². The van der Waals surface area contributed by atoms with Gasteiger partial charge in [-0.25, -0.2) is 4.79 Å². The molecule has 1 aliphatic rings. The molecule has 0 saturated carbocycles. The molecular formula is C16H16N2O4. The summed E-state index contributed by atoms with van der Waals surface area (Å²) in [6.45, 7) is 1.11. The average Bonchev–Trinajstić information content (AvgIpc) is 2.52. The van der Waals surface area contributed by atoms with Gasteiger partial charge in [-0.2, -0.15) is 0 Å². The molecule has 2 aromatic carbocycles. The minimum absolute atomic E-state index is 0.219. The number of fused-ring (bicyclic) bond motifs is 1. The van der Waals surface area contributed by atoms with Crippen LogP contribution in [0.25, 0.3) is 0 Å². The van der Waals surface area contributed by atoms with Gasteiger partial charge < -0.3 is 25.5 Å². The second-order valence-corrected chi connectivity index (χ2v) is 5.23. The van der Waals surface area contributed by atoms with Crippen LogP contribution in [0.3, 0.4) is 0 Å². The van der Waals surface area contributed by atoms with E-state index in [1.54, 1.807) is 4.90 Å². The van der Waals surface area contributed by atoms with Gasteiger partial charge in [0.15, 0.2) is 17.2 Å². The number of hydrogen-bond acceptors (Lipinski definition) is 4. The summed E-state index contributed by atoms with van der Waals surface area (Å²) in [4.78, 5) is 13.9. The Kier molecular flexibility index (Phi) is 3.50. The summed E-state index contributed by atoms with van der Waals surface area (Å²) in [6.07, 6.45) is 0.787. The van der Waals surface area contributed by atoms with Crippen LogP contribution in [0.4, 0.5) is 10.5 Å². The number of benzene rings is 2. The van der Waals surface area contributed by atoms with Crippen LogP contribution >= 0.6 is 0 Å². The highest BCUT2D eigenvalue weighted by atomic mass is 16.3. The fourth-order valence-corrected chi connectivity index (χ4v) is 2.55. The van der Waals surface area contributed by atoms with Crippen LogP contribution in [0, 0.1) is 0 Å². The van der Waals surface area contributed by atoms with Crippen LogP contribution in [0.2, 0.25) is 0 Å². The number of nitrogens with one attached hydrogen (secondary N) is 1. The van der Waals surface area contributed by atoms with Crippen LogP contribution < -0.4 is 5.32 Å². The molecular weight excluding hydrogens is 284 g/mol. The van der Waals surface area contributed by atoms with Gasteiger partial charge >= 0.3 is 6.03 Å². The Hall–Kier alpha value is -2.89. The maximum absolute atomic E-state index is 12.3. The van der Waals surface area contributed by atoms with E-state index in [2.05, 4.69) is 11.4 Å². The summed E-state index contributed by atoms with van der Waals surface area (Å²) in [6, 6.07) is 10.0. The number of nitrogens with zero attached hydrogens (tertiary/aromatic N) is 1. The predicted octanol–water partition coefficient (Wildman–Crippen LogP) is 2.39. The first-order valence-corrected chi connectivity index (χ1v) is 6.92. The molecule has 0 spiro atoms. The second kappa shape index (κ2) is 5.48. The molecule has 3 rings (SSSR count). The minimum Gasteiger partial charge on any atom is -0.504 e. The molecule has 0 fully saturated rings. The quantitative estimate of drug-likeness (QED) is 0.480. The molecule has 1 aliphatic heterocycles. The van der Waals surface area contributed by atoms with Crippen molar-refractivity contribution in [3.63, 3.8) is 0 Å². The number of amides is 2. The van der Waals surface area contributed by atoms with E-state index in [4.69, 9.17) is 0 Å². The fourth-order valence-electron chi connectivity index (χ4n) is 2.55. The Morgan fingerprint density at radius 2 is 1.68 bits per heavy atom. The van der Waals surface area contributed by atoms with Crippen molar-refractivity contribution in [2.45, 2.75) is 13.0 Å². The van der Waals surface area contributed by atoms with Gasteiger partial charge in [0.1, 0.15) is 0 Å². The number of hydrogen-bond donors (Lipinski definition) is 4. The van der Waals surface area contributed by atoms with Crippen LogP contribution in [-0.2, 0) is 13.0 Å². The second-order valence-electron chi connectivity index (χ2n) is 5.23. The van der Waals surface area contributed by atoms with Crippen molar-refractivity contribution < 1.29 is 20.1 Å². The minimum atomic E-state index is -0.607. The molecule has 114 valence electrons. The first-order chi connectivity index (χ1) is 10.5. The zero-order chi connectivity index (χ0) is 15.7. The van der Waals surface area contributed by atoms with E-state index in [9.17, 15) is 20.1 Å². The van der Waals surface area contributed by atoms with E-state index in [1.165, 1.54) is 17.7 Å². The zero-order valence-corrected chi connectivity index (χ0v) is 11.8. The van der Waals surface area contributed by atoms with Crippen molar-refractivity contribution in [3.8, 4) is 17.2 Å². The summed E-state index contributed by atoms with van der Waals surface area (Å²) in [5.74, 6) is -1.58. The number of carbonyl (C=O) groups is 1. The summed E-state index contributed by atoms with van der Waals surface area (Å²) in [5, 5.41) is 30.8. The monoisotopic (exact) mass is 300 g/mol. The number of rotatable bonds is 1. The third-order valence-electron chi connectivity index (χ3n) is 3.74. The molecule has 2 amide bonds. The van der Waals surface area contributed by atoms with Gasteiger partial charge in [-0.05, 0) is 17.5 Å². The van der Waals surface area contributed by atoms with Gasteiger partial charge in [0.25, 0.3) is 0 Å². The summed E-state index contributed by atoms with van der Waals surface area (Å²) in [7, 11) is 0.